The van der Waals surface area contributed by atoms with Crippen molar-refractivity contribution in [3.63, 3.8) is 0 Å². The van der Waals surface area contributed by atoms with Crippen molar-refractivity contribution in [3.8, 4) is 23.3 Å². The Balaban J connectivity index is 1.93. The fraction of sp³-hybridized carbons (Fsp3) is 0. The normalized spacial score (nSPS) is 10.5. The van der Waals surface area contributed by atoms with Crippen LogP contribution in [0.2, 0.25) is 0 Å². The van der Waals surface area contributed by atoms with Gasteiger partial charge in [0.2, 0.25) is 0 Å². The van der Waals surface area contributed by atoms with E-state index in [0.29, 0.717) is 11.3 Å². The van der Waals surface area contributed by atoms with Gasteiger partial charge >= 0.3 is 0 Å². The number of fused-ring (bicyclic) bond motifs is 3. The van der Waals surface area contributed by atoms with Gasteiger partial charge in [0, 0.05) is 22.5 Å². The molecule has 0 unspecified atom stereocenters. The molecule has 106 valence electrons. The van der Waals surface area contributed by atoms with E-state index in [1.807, 2.05) is 18.2 Å². The molecule has 3 heterocycles. The zero-order valence-electron chi connectivity index (χ0n) is 11.9. The maximum absolute atomic E-state index is 9.02. The highest BCUT2D eigenvalue weighted by atomic mass is 14.9. The maximum atomic E-state index is 9.02. The van der Waals surface area contributed by atoms with Crippen LogP contribution in [0.5, 0.6) is 0 Å². The highest BCUT2D eigenvalue weighted by Gasteiger charge is 2.09. The van der Waals surface area contributed by atoms with Crippen molar-refractivity contribution >= 4 is 21.9 Å². The highest BCUT2D eigenvalue weighted by molar-refractivity contribution is 6.06. The van der Waals surface area contributed by atoms with Gasteiger partial charge in [0.25, 0.3) is 0 Å². The first-order valence-corrected chi connectivity index (χ1v) is 6.96. The van der Waals surface area contributed by atoms with Crippen molar-refractivity contribution in [3.05, 3.63) is 60.0 Å². The fourth-order valence-corrected chi connectivity index (χ4v) is 2.63. The summed E-state index contributed by atoms with van der Waals surface area (Å²) in [6, 6.07) is 15.3. The van der Waals surface area contributed by atoms with Crippen molar-refractivity contribution in [2.45, 2.75) is 0 Å². The van der Waals surface area contributed by atoms with Gasteiger partial charge in [0.05, 0.1) is 23.3 Å². The van der Waals surface area contributed by atoms with E-state index in [2.05, 4.69) is 27.1 Å². The summed E-state index contributed by atoms with van der Waals surface area (Å²) in [6.07, 6.45) is 3.44. The minimum atomic E-state index is 0.377. The number of nitrogens with zero attached hydrogens (tertiary/aromatic N) is 4. The number of benzene rings is 1. The Kier molecular flexibility index (Phi) is 2.79. The Morgan fingerprint density at radius 1 is 0.826 bits per heavy atom. The predicted octanol–water partition coefficient (Wildman–Crippen LogP) is 3.52. The van der Waals surface area contributed by atoms with Crippen LogP contribution in [0.1, 0.15) is 11.3 Å². The predicted molar refractivity (Wildman–Crippen MR) is 86.3 cm³/mol. The van der Waals surface area contributed by atoms with Crippen LogP contribution in [0.4, 0.5) is 0 Å². The van der Waals surface area contributed by atoms with E-state index < -0.39 is 0 Å². The Bertz CT molecular complexity index is 1120. The second-order valence-electron chi connectivity index (χ2n) is 5.16. The lowest BCUT2D eigenvalue weighted by Crippen LogP contribution is -1.82. The quantitative estimate of drug-likeness (QED) is 0.581. The molecule has 0 amide bonds. The number of hydrogen-bond donors (Lipinski definition) is 1. The monoisotopic (exact) mass is 295 g/mol. The zero-order chi connectivity index (χ0) is 15.8. The summed E-state index contributed by atoms with van der Waals surface area (Å²) in [5.41, 5.74) is 4.56. The van der Waals surface area contributed by atoms with E-state index in [0.717, 1.165) is 33.1 Å². The Morgan fingerprint density at radius 2 is 1.65 bits per heavy atom. The second kappa shape index (κ2) is 4.94. The third-order valence-corrected chi connectivity index (χ3v) is 3.80. The average Bonchev–Trinajstić information content (AvgIpc) is 2.98. The van der Waals surface area contributed by atoms with E-state index in [4.69, 9.17) is 10.5 Å². The lowest BCUT2D eigenvalue weighted by atomic mass is 10.0. The minimum Gasteiger partial charge on any atom is -0.338 e. The smallest absolute Gasteiger partial charge is 0.141 e. The van der Waals surface area contributed by atoms with Crippen molar-refractivity contribution < 1.29 is 0 Å². The zero-order valence-corrected chi connectivity index (χ0v) is 11.9. The standard InChI is InChI=1S/C18H9N5/c19-7-11-1-3-12(4-2-11)13-5-16-15-6-14(8-20)21-10-17(15)23-18(16)22-9-13/h1-6,9-10H,(H,22,23). The van der Waals surface area contributed by atoms with Gasteiger partial charge in [-0.3, -0.25) is 0 Å². The molecule has 0 aliphatic carbocycles. The Hall–Kier alpha value is -3.70. The molecule has 1 aromatic carbocycles. The molecule has 0 aliphatic heterocycles. The summed E-state index contributed by atoms with van der Waals surface area (Å²) >= 11 is 0. The van der Waals surface area contributed by atoms with Gasteiger partial charge in [0.15, 0.2) is 0 Å². The van der Waals surface area contributed by atoms with E-state index in [1.54, 1.807) is 30.6 Å². The fourth-order valence-electron chi connectivity index (χ4n) is 2.63. The Morgan fingerprint density at radius 3 is 2.39 bits per heavy atom. The van der Waals surface area contributed by atoms with Crippen molar-refractivity contribution in [1.29, 1.82) is 10.5 Å². The van der Waals surface area contributed by atoms with Crippen LogP contribution < -0.4 is 0 Å². The second-order valence-corrected chi connectivity index (χ2v) is 5.16. The number of rotatable bonds is 1. The molecule has 0 fully saturated rings. The number of hydrogen-bond acceptors (Lipinski definition) is 4. The molecular weight excluding hydrogens is 286 g/mol. The van der Waals surface area contributed by atoms with Gasteiger partial charge in [0.1, 0.15) is 17.4 Å². The lowest BCUT2D eigenvalue weighted by molar-refractivity contribution is 1.27. The Labute approximate surface area is 131 Å². The number of H-pyrrole nitrogens is 1. The molecule has 0 aliphatic rings. The molecule has 0 spiro atoms. The van der Waals surface area contributed by atoms with Crippen LogP contribution in [0.25, 0.3) is 33.1 Å². The summed E-state index contributed by atoms with van der Waals surface area (Å²) in [6.45, 7) is 0. The third-order valence-electron chi connectivity index (χ3n) is 3.80. The van der Waals surface area contributed by atoms with Crippen LogP contribution in [-0.4, -0.2) is 15.0 Å². The molecule has 4 rings (SSSR count). The molecule has 5 heteroatoms. The van der Waals surface area contributed by atoms with Gasteiger partial charge in [-0.2, -0.15) is 10.5 Å². The van der Waals surface area contributed by atoms with E-state index in [-0.39, 0.29) is 0 Å². The van der Waals surface area contributed by atoms with Crippen LogP contribution in [-0.2, 0) is 0 Å². The number of nitriles is 2. The lowest BCUT2D eigenvalue weighted by Gasteiger charge is -2.01. The molecule has 0 bridgehead atoms. The third kappa shape index (κ3) is 2.08. The number of pyridine rings is 2. The van der Waals surface area contributed by atoms with Crippen molar-refractivity contribution in [1.82, 2.24) is 15.0 Å². The largest absolute Gasteiger partial charge is 0.338 e. The summed E-state index contributed by atoms with van der Waals surface area (Å²) in [5, 5.41) is 19.8. The van der Waals surface area contributed by atoms with Crippen LogP contribution in [0.3, 0.4) is 0 Å². The van der Waals surface area contributed by atoms with E-state index in [9.17, 15) is 0 Å². The minimum absolute atomic E-state index is 0.377. The summed E-state index contributed by atoms with van der Waals surface area (Å²) in [5.74, 6) is 0. The van der Waals surface area contributed by atoms with Crippen LogP contribution in [0.15, 0.2) is 48.8 Å². The summed E-state index contributed by atoms with van der Waals surface area (Å²) in [4.78, 5) is 11.7. The molecule has 0 atom stereocenters. The molecule has 0 radical (unpaired) electrons. The van der Waals surface area contributed by atoms with Crippen molar-refractivity contribution in [2.75, 3.05) is 0 Å². The van der Waals surface area contributed by atoms with Gasteiger partial charge in [-0.15, -0.1) is 0 Å². The molecule has 5 nitrogen and oxygen atoms in total. The molecule has 3 aromatic heterocycles. The average molecular weight is 295 g/mol. The summed E-state index contributed by atoms with van der Waals surface area (Å²) in [7, 11) is 0. The van der Waals surface area contributed by atoms with Crippen molar-refractivity contribution in [2.24, 2.45) is 0 Å². The number of aromatic nitrogens is 3. The first-order valence-electron chi connectivity index (χ1n) is 6.96. The molecule has 0 saturated heterocycles. The number of nitrogens with one attached hydrogen (secondary N) is 1. The van der Waals surface area contributed by atoms with Gasteiger partial charge in [-0.05, 0) is 29.8 Å². The SMILES string of the molecule is N#Cc1ccc(-c2cnc3[nH]c4cnc(C#N)cc4c3c2)cc1. The van der Waals surface area contributed by atoms with Gasteiger partial charge < -0.3 is 4.98 Å². The molecule has 1 N–H and O–H groups in total. The highest BCUT2D eigenvalue weighted by Crippen LogP contribution is 2.28. The number of aromatic amines is 1. The van der Waals surface area contributed by atoms with Gasteiger partial charge in [-0.1, -0.05) is 12.1 Å². The van der Waals surface area contributed by atoms with Crippen LogP contribution >= 0.6 is 0 Å². The molecule has 0 saturated carbocycles. The van der Waals surface area contributed by atoms with Gasteiger partial charge in [-0.25, -0.2) is 9.97 Å². The maximum Gasteiger partial charge on any atom is 0.141 e. The van der Waals surface area contributed by atoms with E-state index in [1.165, 1.54) is 0 Å². The van der Waals surface area contributed by atoms with Crippen LogP contribution in [0, 0.1) is 22.7 Å². The first-order chi connectivity index (χ1) is 11.3. The van der Waals surface area contributed by atoms with E-state index >= 15 is 0 Å². The molecule has 23 heavy (non-hydrogen) atoms. The molecular formula is C18H9N5. The summed E-state index contributed by atoms with van der Waals surface area (Å²) < 4.78 is 0. The first kappa shape index (κ1) is 13.0. The topological polar surface area (TPSA) is 89.2 Å². The molecule has 4 aromatic rings.